The Balaban J connectivity index is 2.84. The fourth-order valence-electron chi connectivity index (χ4n) is 2.17. The molecule has 0 spiro atoms. The second-order valence-electron chi connectivity index (χ2n) is 4.94. The summed E-state index contributed by atoms with van der Waals surface area (Å²) in [5.74, 6) is -0.746. The zero-order valence-electron chi connectivity index (χ0n) is 11.5. The lowest BCUT2D eigenvalue weighted by Crippen LogP contribution is -2.02. The number of unbranched alkanes of at least 4 members (excludes halogenated alkanes) is 2. The maximum Gasteiger partial charge on any atom is 0.307 e. The van der Waals surface area contributed by atoms with Gasteiger partial charge >= 0.3 is 5.97 Å². The number of carbonyl (C=O) groups is 1. The summed E-state index contributed by atoms with van der Waals surface area (Å²) in [6, 6.07) is 6.36. The molecule has 0 aliphatic rings. The third-order valence-electron chi connectivity index (χ3n) is 3.11. The molecule has 0 fully saturated rings. The molecule has 18 heavy (non-hydrogen) atoms. The Kier molecular flexibility index (Phi) is 6.48. The van der Waals surface area contributed by atoms with Crippen LogP contribution in [0.3, 0.4) is 0 Å². The van der Waals surface area contributed by atoms with Gasteiger partial charge in [-0.3, -0.25) is 4.79 Å². The van der Waals surface area contributed by atoms with Crippen molar-refractivity contribution in [2.24, 2.45) is 0 Å². The number of hydrogen-bond acceptors (Lipinski definition) is 1. The van der Waals surface area contributed by atoms with E-state index < -0.39 is 5.97 Å². The van der Waals surface area contributed by atoms with Crippen LogP contribution in [0.4, 0.5) is 0 Å². The minimum absolute atomic E-state index is 0.138. The van der Waals surface area contributed by atoms with Gasteiger partial charge in [-0.05, 0) is 42.4 Å². The SMILES string of the molecule is CCCCc1cc(CCCC)cc(CC(=O)O)c1. The van der Waals surface area contributed by atoms with Gasteiger partial charge in [-0.25, -0.2) is 0 Å². The number of carboxylic acids is 1. The second kappa shape index (κ2) is 7.91. The van der Waals surface area contributed by atoms with Crippen molar-refractivity contribution in [2.75, 3.05) is 0 Å². The summed E-state index contributed by atoms with van der Waals surface area (Å²) in [6.07, 6.45) is 6.94. The highest BCUT2D eigenvalue weighted by molar-refractivity contribution is 5.70. The highest BCUT2D eigenvalue weighted by atomic mass is 16.4. The van der Waals surface area contributed by atoms with E-state index in [-0.39, 0.29) is 6.42 Å². The average molecular weight is 248 g/mol. The molecule has 0 saturated heterocycles. The van der Waals surface area contributed by atoms with E-state index in [1.165, 1.54) is 36.8 Å². The Hall–Kier alpha value is -1.31. The first-order valence-electron chi connectivity index (χ1n) is 6.99. The molecule has 0 bridgehead atoms. The molecule has 0 aromatic heterocycles. The van der Waals surface area contributed by atoms with Crippen molar-refractivity contribution >= 4 is 5.97 Å². The smallest absolute Gasteiger partial charge is 0.307 e. The first-order valence-corrected chi connectivity index (χ1v) is 6.99. The summed E-state index contributed by atoms with van der Waals surface area (Å²) < 4.78 is 0. The Morgan fingerprint density at radius 2 is 1.39 bits per heavy atom. The Morgan fingerprint density at radius 3 is 1.78 bits per heavy atom. The number of hydrogen-bond donors (Lipinski definition) is 1. The van der Waals surface area contributed by atoms with Gasteiger partial charge in [0, 0.05) is 0 Å². The Labute approximate surface area is 110 Å². The van der Waals surface area contributed by atoms with E-state index >= 15 is 0 Å². The van der Waals surface area contributed by atoms with Crippen molar-refractivity contribution in [3.8, 4) is 0 Å². The van der Waals surface area contributed by atoms with E-state index in [1.807, 2.05) is 0 Å². The highest BCUT2D eigenvalue weighted by Crippen LogP contribution is 2.16. The minimum atomic E-state index is -0.746. The molecule has 0 amide bonds. The fourth-order valence-corrected chi connectivity index (χ4v) is 2.17. The summed E-state index contributed by atoms with van der Waals surface area (Å²) in [5, 5.41) is 8.90. The lowest BCUT2D eigenvalue weighted by molar-refractivity contribution is -0.136. The number of aryl methyl sites for hydroxylation is 2. The molecule has 0 aliphatic carbocycles. The van der Waals surface area contributed by atoms with Gasteiger partial charge in [-0.15, -0.1) is 0 Å². The molecule has 0 saturated carbocycles. The first-order chi connectivity index (χ1) is 8.65. The molecule has 2 heteroatoms. The van der Waals surface area contributed by atoms with Crippen LogP contribution in [0.5, 0.6) is 0 Å². The zero-order valence-corrected chi connectivity index (χ0v) is 11.5. The van der Waals surface area contributed by atoms with Crippen LogP contribution in [-0.4, -0.2) is 11.1 Å². The molecule has 1 rings (SSSR count). The lowest BCUT2D eigenvalue weighted by atomic mass is 9.97. The van der Waals surface area contributed by atoms with E-state index in [2.05, 4.69) is 32.0 Å². The van der Waals surface area contributed by atoms with E-state index in [1.54, 1.807) is 0 Å². The van der Waals surface area contributed by atoms with Crippen molar-refractivity contribution in [1.82, 2.24) is 0 Å². The van der Waals surface area contributed by atoms with Gasteiger partial charge in [0.15, 0.2) is 0 Å². The molecule has 1 aromatic carbocycles. The van der Waals surface area contributed by atoms with Crippen LogP contribution < -0.4 is 0 Å². The van der Waals surface area contributed by atoms with E-state index in [0.29, 0.717) is 0 Å². The van der Waals surface area contributed by atoms with Gasteiger partial charge in [-0.2, -0.15) is 0 Å². The molecule has 0 atom stereocenters. The normalized spacial score (nSPS) is 10.6. The van der Waals surface area contributed by atoms with Gasteiger partial charge in [0.05, 0.1) is 6.42 Å². The zero-order chi connectivity index (χ0) is 13.4. The molecular weight excluding hydrogens is 224 g/mol. The number of benzene rings is 1. The third kappa shape index (κ3) is 5.35. The van der Waals surface area contributed by atoms with Crippen LogP contribution in [-0.2, 0) is 24.1 Å². The Bertz CT molecular complexity index is 356. The van der Waals surface area contributed by atoms with Crippen LogP contribution in [0.15, 0.2) is 18.2 Å². The van der Waals surface area contributed by atoms with Crippen LogP contribution >= 0.6 is 0 Å². The maximum absolute atomic E-state index is 10.8. The molecule has 100 valence electrons. The molecule has 0 aliphatic heterocycles. The summed E-state index contributed by atoms with van der Waals surface area (Å²) in [7, 11) is 0. The predicted molar refractivity (Wildman–Crippen MR) is 75.0 cm³/mol. The van der Waals surface area contributed by atoms with E-state index in [4.69, 9.17) is 5.11 Å². The maximum atomic E-state index is 10.8. The molecule has 0 unspecified atom stereocenters. The van der Waals surface area contributed by atoms with Crippen LogP contribution in [0.2, 0.25) is 0 Å². The fraction of sp³-hybridized carbons (Fsp3) is 0.562. The average Bonchev–Trinajstić information content (AvgIpc) is 2.33. The van der Waals surface area contributed by atoms with Gasteiger partial charge in [-0.1, -0.05) is 44.9 Å². The standard InChI is InChI=1S/C16H24O2/c1-3-5-7-13-9-14(8-6-4-2)11-15(10-13)12-16(17)18/h9-11H,3-8,12H2,1-2H3,(H,17,18). The quantitative estimate of drug-likeness (QED) is 0.755. The number of aliphatic carboxylic acids is 1. The van der Waals surface area contributed by atoms with E-state index in [9.17, 15) is 4.79 Å². The van der Waals surface area contributed by atoms with E-state index in [0.717, 1.165) is 18.4 Å². The molecule has 1 aromatic rings. The van der Waals surface area contributed by atoms with Gasteiger partial charge in [0.2, 0.25) is 0 Å². The molecule has 2 nitrogen and oxygen atoms in total. The van der Waals surface area contributed by atoms with Crippen LogP contribution in [0.25, 0.3) is 0 Å². The minimum Gasteiger partial charge on any atom is -0.481 e. The second-order valence-corrected chi connectivity index (χ2v) is 4.94. The topological polar surface area (TPSA) is 37.3 Å². The molecule has 0 radical (unpaired) electrons. The summed E-state index contributed by atoms with van der Waals surface area (Å²) in [6.45, 7) is 4.36. The van der Waals surface area contributed by atoms with Gasteiger partial charge in [0.1, 0.15) is 0 Å². The highest BCUT2D eigenvalue weighted by Gasteiger charge is 2.05. The monoisotopic (exact) mass is 248 g/mol. The van der Waals surface area contributed by atoms with Crippen molar-refractivity contribution in [1.29, 1.82) is 0 Å². The van der Waals surface area contributed by atoms with Crippen LogP contribution in [0, 0.1) is 0 Å². The van der Waals surface area contributed by atoms with Gasteiger partial charge in [0.25, 0.3) is 0 Å². The lowest BCUT2D eigenvalue weighted by Gasteiger charge is -2.08. The molecule has 0 heterocycles. The molecule has 1 N–H and O–H groups in total. The van der Waals surface area contributed by atoms with Crippen molar-refractivity contribution in [3.05, 3.63) is 34.9 Å². The third-order valence-corrected chi connectivity index (χ3v) is 3.11. The largest absolute Gasteiger partial charge is 0.481 e. The summed E-state index contributed by atoms with van der Waals surface area (Å²) in [5.41, 5.74) is 3.53. The first kappa shape index (κ1) is 14.7. The van der Waals surface area contributed by atoms with Crippen molar-refractivity contribution < 1.29 is 9.90 Å². The Morgan fingerprint density at radius 1 is 0.944 bits per heavy atom. The number of rotatable bonds is 8. The predicted octanol–water partition coefficient (Wildman–Crippen LogP) is 4.00. The van der Waals surface area contributed by atoms with Gasteiger partial charge < -0.3 is 5.11 Å². The van der Waals surface area contributed by atoms with Crippen molar-refractivity contribution in [3.63, 3.8) is 0 Å². The molecular formula is C16H24O2. The number of carboxylic acid groups (broad SMARTS) is 1. The summed E-state index contributed by atoms with van der Waals surface area (Å²) >= 11 is 0. The summed E-state index contributed by atoms with van der Waals surface area (Å²) in [4.78, 5) is 10.8. The van der Waals surface area contributed by atoms with Crippen molar-refractivity contribution in [2.45, 2.75) is 58.8 Å². The van der Waals surface area contributed by atoms with Crippen LogP contribution in [0.1, 0.15) is 56.2 Å².